The van der Waals surface area contributed by atoms with E-state index in [4.69, 9.17) is 11.6 Å². The number of thiophene rings is 1. The summed E-state index contributed by atoms with van der Waals surface area (Å²) in [4.78, 5) is 0. The molecule has 1 aromatic rings. The molecule has 0 aliphatic heterocycles. The van der Waals surface area contributed by atoms with Crippen LogP contribution in [0.2, 0.25) is 4.34 Å². The standard InChI is InChI=1S/C11H16ClNS/c1-8-2-4-9(5-3-8)13-10-6-7-14-11(10)12/h6-9,13H,2-5H2,1H3. The first-order valence-electron chi connectivity index (χ1n) is 5.25. The van der Waals surface area contributed by atoms with E-state index in [1.54, 1.807) is 11.3 Å². The summed E-state index contributed by atoms with van der Waals surface area (Å²) in [5, 5.41) is 5.57. The van der Waals surface area contributed by atoms with Gasteiger partial charge in [-0.2, -0.15) is 0 Å². The molecule has 78 valence electrons. The van der Waals surface area contributed by atoms with Gasteiger partial charge in [-0.1, -0.05) is 18.5 Å². The second-order valence-corrected chi connectivity index (χ2v) is 5.73. The van der Waals surface area contributed by atoms with Crippen LogP contribution in [-0.4, -0.2) is 6.04 Å². The first kappa shape index (κ1) is 10.3. The van der Waals surface area contributed by atoms with E-state index < -0.39 is 0 Å². The van der Waals surface area contributed by atoms with Gasteiger partial charge in [0.15, 0.2) is 0 Å². The molecule has 3 heteroatoms. The zero-order valence-corrected chi connectivity index (χ0v) is 10.00. The summed E-state index contributed by atoms with van der Waals surface area (Å²) in [5.41, 5.74) is 1.12. The molecule has 1 fully saturated rings. The molecule has 0 radical (unpaired) electrons. The van der Waals surface area contributed by atoms with Crippen molar-refractivity contribution in [3.05, 3.63) is 15.8 Å². The molecule has 14 heavy (non-hydrogen) atoms. The summed E-state index contributed by atoms with van der Waals surface area (Å²) < 4.78 is 0.892. The third kappa shape index (κ3) is 2.43. The van der Waals surface area contributed by atoms with Gasteiger partial charge in [0.25, 0.3) is 0 Å². The Balaban J connectivity index is 1.89. The van der Waals surface area contributed by atoms with Crippen molar-refractivity contribution in [3.63, 3.8) is 0 Å². The van der Waals surface area contributed by atoms with E-state index in [-0.39, 0.29) is 0 Å². The van der Waals surface area contributed by atoms with Crippen molar-refractivity contribution in [3.8, 4) is 0 Å². The molecule has 0 bridgehead atoms. The van der Waals surface area contributed by atoms with Gasteiger partial charge in [0.1, 0.15) is 4.34 Å². The highest BCUT2D eigenvalue weighted by Gasteiger charge is 2.18. The van der Waals surface area contributed by atoms with Gasteiger partial charge < -0.3 is 5.32 Å². The van der Waals surface area contributed by atoms with Crippen molar-refractivity contribution in [1.82, 2.24) is 0 Å². The molecular weight excluding hydrogens is 214 g/mol. The molecule has 1 N–H and O–H groups in total. The van der Waals surface area contributed by atoms with Crippen LogP contribution in [0.5, 0.6) is 0 Å². The Kier molecular flexibility index (Phi) is 3.34. The third-order valence-electron chi connectivity index (χ3n) is 2.99. The quantitative estimate of drug-likeness (QED) is 0.793. The zero-order valence-electron chi connectivity index (χ0n) is 8.42. The smallest absolute Gasteiger partial charge is 0.116 e. The molecule has 0 saturated heterocycles. The fourth-order valence-corrected chi connectivity index (χ4v) is 2.87. The van der Waals surface area contributed by atoms with Crippen molar-refractivity contribution >= 4 is 28.6 Å². The van der Waals surface area contributed by atoms with Crippen LogP contribution in [0.25, 0.3) is 0 Å². The van der Waals surface area contributed by atoms with E-state index in [2.05, 4.69) is 18.3 Å². The molecule has 0 unspecified atom stereocenters. The summed E-state index contributed by atoms with van der Waals surface area (Å²) in [5.74, 6) is 0.908. The number of hydrogen-bond acceptors (Lipinski definition) is 2. The van der Waals surface area contributed by atoms with Crippen LogP contribution in [0, 0.1) is 5.92 Å². The zero-order chi connectivity index (χ0) is 9.97. The van der Waals surface area contributed by atoms with Crippen molar-refractivity contribution in [1.29, 1.82) is 0 Å². The fourth-order valence-electron chi connectivity index (χ4n) is 2.02. The minimum absolute atomic E-state index is 0.637. The van der Waals surface area contributed by atoms with Gasteiger partial charge in [0.05, 0.1) is 5.69 Å². The summed E-state index contributed by atoms with van der Waals surface area (Å²) in [6.45, 7) is 2.34. The number of anilines is 1. The van der Waals surface area contributed by atoms with Gasteiger partial charge >= 0.3 is 0 Å². The third-order valence-corrected chi connectivity index (χ3v) is 4.16. The van der Waals surface area contributed by atoms with Crippen LogP contribution < -0.4 is 5.32 Å². The topological polar surface area (TPSA) is 12.0 Å². The van der Waals surface area contributed by atoms with Crippen molar-refractivity contribution < 1.29 is 0 Å². The maximum absolute atomic E-state index is 6.04. The van der Waals surface area contributed by atoms with Gasteiger partial charge in [0, 0.05) is 6.04 Å². The largest absolute Gasteiger partial charge is 0.380 e. The van der Waals surface area contributed by atoms with Crippen LogP contribution in [0.15, 0.2) is 11.4 Å². The first-order valence-corrected chi connectivity index (χ1v) is 6.51. The Labute approximate surface area is 94.5 Å². The molecule has 0 aromatic carbocycles. The van der Waals surface area contributed by atoms with Crippen LogP contribution in [-0.2, 0) is 0 Å². The van der Waals surface area contributed by atoms with Gasteiger partial charge in [-0.15, -0.1) is 11.3 Å². The molecule has 2 rings (SSSR count). The predicted octanol–water partition coefficient (Wildman–Crippen LogP) is 4.39. The van der Waals surface area contributed by atoms with Crippen LogP contribution in [0.3, 0.4) is 0 Å². The summed E-state index contributed by atoms with van der Waals surface area (Å²) in [6.07, 6.45) is 5.26. The van der Waals surface area contributed by atoms with E-state index >= 15 is 0 Å². The molecular formula is C11H16ClNS. The van der Waals surface area contributed by atoms with Crippen LogP contribution >= 0.6 is 22.9 Å². The van der Waals surface area contributed by atoms with E-state index in [1.807, 2.05) is 5.38 Å². The highest BCUT2D eigenvalue weighted by atomic mass is 35.5. The lowest BCUT2D eigenvalue weighted by Crippen LogP contribution is -2.24. The second kappa shape index (κ2) is 4.54. The molecule has 0 amide bonds. The molecule has 1 aromatic heterocycles. The normalized spacial score (nSPS) is 27.6. The highest BCUT2D eigenvalue weighted by Crippen LogP contribution is 2.31. The van der Waals surface area contributed by atoms with Crippen molar-refractivity contribution in [2.24, 2.45) is 5.92 Å². The first-order chi connectivity index (χ1) is 6.75. The monoisotopic (exact) mass is 229 g/mol. The fraction of sp³-hybridized carbons (Fsp3) is 0.636. The molecule has 1 nitrogen and oxygen atoms in total. The molecule has 0 spiro atoms. The van der Waals surface area contributed by atoms with Crippen molar-refractivity contribution in [2.45, 2.75) is 38.6 Å². The van der Waals surface area contributed by atoms with Crippen molar-refractivity contribution in [2.75, 3.05) is 5.32 Å². The highest BCUT2D eigenvalue weighted by molar-refractivity contribution is 7.15. The molecule has 1 aliphatic rings. The Hall–Kier alpha value is -0.210. The molecule has 1 heterocycles. The SMILES string of the molecule is CC1CCC(Nc2ccsc2Cl)CC1. The number of nitrogens with one attached hydrogen (secondary N) is 1. The lowest BCUT2D eigenvalue weighted by molar-refractivity contribution is 0.361. The van der Waals surface area contributed by atoms with Crippen LogP contribution in [0.4, 0.5) is 5.69 Å². The lowest BCUT2D eigenvalue weighted by Gasteiger charge is -2.27. The van der Waals surface area contributed by atoms with E-state index in [9.17, 15) is 0 Å². The van der Waals surface area contributed by atoms with Crippen LogP contribution in [0.1, 0.15) is 32.6 Å². The Morgan fingerprint density at radius 3 is 2.64 bits per heavy atom. The van der Waals surface area contributed by atoms with E-state index in [0.29, 0.717) is 6.04 Å². The Morgan fingerprint density at radius 1 is 1.36 bits per heavy atom. The van der Waals surface area contributed by atoms with E-state index in [0.717, 1.165) is 15.9 Å². The van der Waals surface area contributed by atoms with E-state index in [1.165, 1.54) is 25.7 Å². The average molecular weight is 230 g/mol. The number of hydrogen-bond donors (Lipinski definition) is 1. The predicted molar refractivity (Wildman–Crippen MR) is 64.4 cm³/mol. The minimum Gasteiger partial charge on any atom is -0.380 e. The maximum atomic E-state index is 6.04. The number of rotatable bonds is 2. The summed E-state index contributed by atoms with van der Waals surface area (Å²) >= 11 is 7.64. The number of halogens is 1. The summed E-state index contributed by atoms with van der Waals surface area (Å²) in [7, 11) is 0. The lowest BCUT2D eigenvalue weighted by atomic mass is 9.87. The molecule has 0 atom stereocenters. The summed E-state index contributed by atoms with van der Waals surface area (Å²) in [6, 6.07) is 2.71. The Morgan fingerprint density at radius 2 is 2.07 bits per heavy atom. The molecule has 1 aliphatic carbocycles. The minimum atomic E-state index is 0.637. The Bertz CT molecular complexity index is 289. The average Bonchev–Trinajstić information content (AvgIpc) is 2.56. The van der Waals surface area contributed by atoms with Gasteiger partial charge in [-0.05, 0) is 43.0 Å². The maximum Gasteiger partial charge on any atom is 0.116 e. The van der Waals surface area contributed by atoms with Gasteiger partial charge in [0.2, 0.25) is 0 Å². The second-order valence-electron chi connectivity index (χ2n) is 4.21. The van der Waals surface area contributed by atoms with Gasteiger partial charge in [-0.25, -0.2) is 0 Å². The molecule has 1 saturated carbocycles. The van der Waals surface area contributed by atoms with Gasteiger partial charge in [-0.3, -0.25) is 0 Å².